The molecule has 0 bridgehead atoms. The number of alkyl halides is 2. The summed E-state index contributed by atoms with van der Waals surface area (Å²) in [6, 6.07) is 2.48. The van der Waals surface area contributed by atoms with E-state index in [0.29, 0.717) is 9.87 Å². The summed E-state index contributed by atoms with van der Waals surface area (Å²) < 4.78 is 50.0. The molecule has 0 aromatic heterocycles. The number of nitrogen functional groups attached to an aromatic ring is 1. The van der Waals surface area contributed by atoms with Gasteiger partial charge in [0.15, 0.2) is 0 Å². The molecular weight excluding hydrogens is 314 g/mol. The first-order chi connectivity index (χ1) is 9.20. The van der Waals surface area contributed by atoms with E-state index in [2.05, 4.69) is 0 Å². The van der Waals surface area contributed by atoms with Gasteiger partial charge >= 0.3 is 0 Å². The molecule has 9 heteroatoms. The summed E-state index contributed by atoms with van der Waals surface area (Å²) in [5, 5.41) is 8.72. The predicted molar refractivity (Wildman–Crippen MR) is 72.5 cm³/mol. The van der Waals surface area contributed by atoms with Crippen LogP contribution in [0.1, 0.15) is 5.56 Å². The van der Waals surface area contributed by atoms with Gasteiger partial charge in [0.2, 0.25) is 10.0 Å². The van der Waals surface area contributed by atoms with Gasteiger partial charge in [0, 0.05) is 12.2 Å². The molecular formula is C11H15ClF2N2O3S. The Morgan fingerprint density at radius 2 is 2.05 bits per heavy atom. The molecule has 0 unspecified atom stereocenters. The molecule has 1 rings (SSSR count). The summed E-state index contributed by atoms with van der Waals surface area (Å²) in [4.78, 5) is -0.351. The second-order valence-electron chi connectivity index (χ2n) is 4.12. The number of benzene rings is 1. The number of hydrogen-bond donors (Lipinski definition) is 2. The quantitative estimate of drug-likeness (QED) is 0.775. The first kappa shape index (κ1) is 17.1. The van der Waals surface area contributed by atoms with Gasteiger partial charge in [-0.2, -0.15) is 4.31 Å². The fourth-order valence-corrected chi connectivity index (χ4v) is 3.58. The largest absolute Gasteiger partial charge is 0.398 e. The fourth-order valence-electron chi connectivity index (χ4n) is 1.58. The number of nitrogens with two attached hydrogens (primary N) is 1. The van der Waals surface area contributed by atoms with Gasteiger partial charge in [-0.3, -0.25) is 0 Å². The van der Waals surface area contributed by atoms with Crippen LogP contribution in [0.2, 0.25) is 5.02 Å². The molecule has 20 heavy (non-hydrogen) atoms. The lowest BCUT2D eigenvalue weighted by atomic mass is 10.2. The van der Waals surface area contributed by atoms with Crippen molar-refractivity contribution in [3.8, 4) is 0 Å². The third-order valence-electron chi connectivity index (χ3n) is 2.63. The smallest absolute Gasteiger partial charge is 0.252 e. The molecule has 1 aromatic rings. The summed E-state index contributed by atoms with van der Waals surface area (Å²) in [6.07, 6.45) is -2.86. The number of sulfonamides is 1. The predicted octanol–water partition coefficient (Wildman–Crippen LogP) is 1.48. The number of halogens is 3. The maximum absolute atomic E-state index is 12.5. The molecule has 0 aliphatic rings. The normalized spacial score (nSPS) is 12.3. The molecule has 0 heterocycles. The number of anilines is 1. The summed E-state index contributed by atoms with van der Waals surface area (Å²) in [5.74, 6) is 0. The van der Waals surface area contributed by atoms with Crippen molar-refractivity contribution >= 4 is 27.3 Å². The van der Waals surface area contributed by atoms with E-state index >= 15 is 0 Å². The molecule has 0 spiro atoms. The van der Waals surface area contributed by atoms with Crippen molar-refractivity contribution in [3.05, 3.63) is 22.7 Å². The van der Waals surface area contributed by atoms with E-state index in [1.165, 1.54) is 6.07 Å². The molecule has 0 radical (unpaired) electrons. The van der Waals surface area contributed by atoms with E-state index in [0.717, 1.165) is 6.07 Å². The number of aliphatic hydroxyl groups excluding tert-OH is 1. The Kier molecular flexibility index (Phi) is 5.69. The van der Waals surface area contributed by atoms with Crippen LogP contribution in [0, 0.1) is 6.92 Å². The Morgan fingerprint density at radius 1 is 1.45 bits per heavy atom. The molecule has 0 amide bonds. The number of rotatable bonds is 6. The van der Waals surface area contributed by atoms with Crippen molar-refractivity contribution in [2.75, 3.05) is 25.4 Å². The number of hydrogen-bond acceptors (Lipinski definition) is 4. The van der Waals surface area contributed by atoms with Crippen molar-refractivity contribution in [1.29, 1.82) is 0 Å². The van der Waals surface area contributed by atoms with Gasteiger partial charge in [0.05, 0.1) is 18.2 Å². The van der Waals surface area contributed by atoms with E-state index in [1.54, 1.807) is 6.92 Å². The maximum atomic E-state index is 12.5. The van der Waals surface area contributed by atoms with Crippen molar-refractivity contribution in [3.63, 3.8) is 0 Å². The maximum Gasteiger partial charge on any atom is 0.252 e. The minimum Gasteiger partial charge on any atom is -0.398 e. The fraction of sp³-hybridized carbons (Fsp3) is 0.455. The molecule has 114 valence electrons. The van der Waals surface area contributed by atoms with Gasteiger partial charge in [-0.25, -0.2) is 17.2 Å². The van der Waals surface area contributed by atoms with Crippen LogP contribution in [-0.4, -0.2) is 44.0 Å². The highest BCUT2D eigenvalue weighted by atomic mass is 35.5. The molecule has 1 aromatic carbocycles. The second-order valence-corrected chi connectivity index (χ2v) is 6.43. The zero-order chi connectivity index (χ0) is 15.5. The van der Waals surface area contributed by atoms with Gasteiger partial charge < -0.3 is 10.8 Å². The minimum atomic E-state index is -4.25. The molecule has 0 atom stereocenters. The topological polar surface area (TPSA) is 83.6 Å². The monoisotopic (exact) mass is 328 g/mol. The van der Waals surface area contributed by atoms with Gasteiger partial charge in [0.1, 0.15) is 4.90 Å². The van der Waals surface area contributed by atoms with Gasteiger partial charge in [-0.15, -0.1) is 0 Å². The third-order valence-corrected chi connectivity index (χ3v) is 4.96. The van der Waals surface area contributed by atoms with Crippen LogP contribution in [0.15, 0.2) is 17.0 Å². The Labute approximate surface area is 121 Å². The van der Waals surface area contributed by atoms with Gasteiger partial charge in [0.25, 0.3) is 6.43 Å². The Morgan fingerprint density at radius 3 is 2.55 bits per heavy atom. The molecule has 0 aliphatic carbocycles. The first-order valence-electron chi connectivity index (χ1n) is 5.65. The number of aryl methyl sites for hydroxylation is 1. The van der Waals surface area contributed by atoms with E-state index in [-0.39, 0.29) is 15.6 Å². The number of nitrogens with zero attached hydrogens (tertiary/aromatic N) is 1. The Hall–Kier alpha value is -0.960. The molecule has 0 saturated carbocycles. The molecule has 0 saturated heterocycles. The second kappa shape index (κ2) is 6.66. The van der Waals surface area contributed by atoms with Crippen LogP contribution < -0.4 is 5.73 Å². The van der Waals surface area contributed by atoms with Crippen LogP contribution in [0.5, 0.6) is 0 Å². The van der Waals surface area contributed by atoms with E-state index in [4.69, 9.17) is 22.4 Å². The van der Waals surface area contributed by atoms with E-state index in [1.807, 2.05) is 0 Å². The minimum absolute atomic E-state index is 0.103. The van der Waals surface area contributed by atoms with Crippen LogP contribution in [0.4, 0.5) is 14.5 Å². The van der Waals surface area contributed by atoms with Crippen molar-refractivity contribution in [2.24, 2.45) is 0 Å². The third kappa shape index (κ3) is 3.78. The zero-order valence-electron chi connectivity index (χ0n) is 10.7. The molecule has 0 fully saturated rings. The van der Waals surface area contributed by atoms with Crippen molar-refractivity contribution in [1.82, 2.24) is 4.31 Å². The van der Waals surface area contributed by atoms with Crippen molar-refractivity contribution < 1.29 is 22.3 Å². The van der Waals surface area contributed by atoms with Gasteiger partial charge in [-0.1, -0.05) is 11.6 Å². The Balaban J connectivity index is 3.29. The average molecular weight is 329 g/mol. The summed E-state index contributed by atoms with van der Waals surface area (Å²) in [6.45, 7) is -0.406. The lowest BCUT2D eigenvalue weighted by Crippen LogP contribution is -2.37. The zero-order valence-corrected chi connectivity index (χ0v) is 12.3. The van der Waals surface area contributed by atoms with Gasteiger partial charge in [-0.05, 0) is 24.6 Å². The Bertz CT molecular complexity index is 581. The highest BCUT2D eigenvalue weighted by Crippen LogP contribution is 2.29. The van der Waals surface area contributed by atoms with Crippen LogP contribution >= 0.6 is 11.6 Å². The molecule has 3 N–H and O–H groups in total. The van der Waals surface area contributed by atoms with Crippen LogP contribution in [-0.2, 0) is 10.0 Å². The van der Waals surface area contributed by atoms with Crippen LogP contribution in [0.25, 0.3) is 0 Å². The lowest BCUT2D eigenvalue weighted by molar-refractivity contribution is 0.113. The number of aliphatic hydroxyl groups is 1. The summed E-state index contributed by atoms with van der Waals surface area (Å²) in [7, 11) is -4.25. The SMILES string of the molecule is Cc1cc(Cl)c(S(=O)(=O)N(CCO)CC(F)F)cc1N. The standard InChI is InChI=1S/C11H15ClF2N2O3S/c1-7-4-8(12)10(5-9(7)15)20(18,19)16(2-3-17)6-11(13)14/h4-5,11,17H,2-3,6,15H2,1H3. The van der Waals surface area contributed by atoms with Crippen LogP contribution in [0.3, 0.4) is 0 Å². The summed E-state index contributed by atoms with van der Waals surface area (Å²) in [5.41, 5.74) is 6.39. The average Bonchev–Trinajstić information content (AvgIpc) is 2.32. The first-order valence-corrected chi connectivity index (χ1v) is 7.46. The molecule has 0 aliphatic heterocycles. The lowest BCUT2D eigenvalue weighted by Gasteiger charge is -2.22. The van der Waals surface area contributed by atoms with E-state index < -0.39 is 36.1 Å². The van der Waals surface area contributed by atoms with E-state index in [9.17, 15) is 17.2 Å². The van der Waals surface area contributed by atoms with Crippen molar-refractivity contribution in [2.45, 2.75) is 18.2 Å². The summed E-state index contributed by atoms with van der Waals surface area (Å²) >= 11 is 5.86. The molecule has 5 nitrogen and oxygen atoms in total. The highest BCUT2D eigenvalue weighted by Gasteiger charge is 2.29. The highest BCUT2D eigenvalue weighted by molar-refractivity contribution is 7.89.